The van der Waals surface area contributed by atoms with E-state index in [0.717, 1.165) is 36.8 Å². The average molecular weight is 320 g/mol. The first kappa shape index (κ1) is 15.4. The summed E-state index contributed by atoms with van der Waals surface area (Å²) in [5.74, 6) is 0.170. The fourth-order valence-electron chi connectivity index (χ4n) is 2.63. The second-order valence-electron chi connectivity index (χ2n) is 5.74. The standard InChI is InChI=1S/C16H21N3O2S/c1-12(16-17-13-5-3-4-6-14(13)22-16)18(2)15(20)11-19-7-9-21-10-8-19/h3-6,12H,7-11H2,1-2H3/p+1/t12-/m1/s1. The molecule has 1 atom stereocenters. The van der Waals surface area contributed by atoms with E-state index < -0.39 is 0 Å². The maximum Gasteiger partial charge on any atom is 0.278 e. The molecule has 118 valence electrons. The molecule has 1 amide bonds. The van der Waals surface area contributed by atoms with Crippen molar-refractivity contribution in [3.8, 4) is 0 Å². The number of fused-ring (bicyclic) bond motifs is 1. The zero-order valence-corrected chi connectivity index (χ0v) is 13.9. The SMILES string of the molecule is C[C@H](c1nc2ccccc2s1)N(C)C(=O)C[NH+]1CCOCC1. The molecule has 0 unspecified atom stereocenters. The molecule has 1 N–H and O–H groups in total. The zero-order chi connectivity index (χ0) is 15.5. The molecule has 6 heteroatoms. The molecule has 1 aromatic heterocycles. The van der Waals surface area contributed by atoms with Gasteiger partial charge < -0.3 is 14.5 Å². The van der Waals surface area contributed by atoms with Crippen molar-refractivity contribution >= 4 is 27.5 Å². The molecule has 1 saturated heterocycles. The molecule has 2 aromatic rings. The van der Waals surface area contributed by atoms with Gasteiger partial charge in [-0.3, -0.25) is 4.79 Å². The number of aromatic nitrogens is 1. The summed E-state index contributed by atoms with van der Waals surface area (Å²) in [6.45, 7) is 5.91. The summed E-state index contributed by atoms with van der Waals surface area (Å²) < 4.78 is 6.51. The number of nitrogens with one attached hydrogen (secondary N) is 1. The van der Waals surface area contributed by atoms with Crippen molar-refractivity contribution in [1.82, 2.24) is 9.88 Å². The van der Waals surface area contributed by atoms with Crippen LogP contribution in [0, 0.1) is 0 Å². The van der Waals surface area contributed by atoms with Crippen LogP contribution in [0.2, 0.25) is 0 Å². The van der Waals surface area contributed by atoms with Crippen LogP contribution >= 0.6 is 11.3 Å². The number of nitrogens with zero attached hydrogens (tertiary/aromatic N) is 2. The number of hydrogen-bond acceptors (Lipinski definition) is 4. The Balaban J connectivity index is 1.67. The van der Waals surface area contributed by atoms with Crippen LogP contribution < -0.4 is 4.90 Å². The molecular weight excluding hydrogens is 298 g/mol. The van der Waals surface area contributed by atoms with E-state index in [9.17, 15) is 4.79 Å². The van der Waals surface area contributed by atoms with Gasteiger partial charge in [0.2, 0.25) is 0 Å². The maximum atomic E-state index is 12.5. The number of quaternary nitrogens is 1. The highest BCUT2D eigenvalue weighted by molar-refractivity contribution is 7.18. The molecule has 22 heavy (non-hydrogen) atoms. The Kier molecular flexibility index (Phi) is 4.71. The number of carbonyl (C=O) groups is 1. The van der Waals surface area contributed by atoms with Crippen molar-refractivity contribution in [1.29, 1.82) is 0 Å². The number of rotatable bonds is 4. The van der Waals surface area contributed by atoms with Crippen molar-refractivity contribution in [3.05, 3.63) is 29.3 Å². The van der Waals surface area contributed by atoms with E-state index in [-0.39, 0.29) is 11.9 Å². The van der Waals surface area contributed by atoms with Crippen LogP contribution in [-0.4, -0.2) is 55.7 Å². The zero-order valence-electron chi connectivity index (χ0n) is 13.0. The Morgan fingerprint density at radius 3 is 2.86 bits per heavy atom. The lowest BCUT2D eigenvalue weighted by atomic mass is 10.3. The average Bonchev–Trinajstić information content (AvgIpc) is 2.98. The van der Waals surface area contributed by atoms with E-state index in [0.29, 0.717) is 6.54 Å². The van der Waals surface area contributed by atoms with Gasteiger partial charge in [0.1, 0.15) is 18.1 Å². The third-order valence-corrected chi connectivity index (χ3v) is 5.45. The second kappa shape index (κ2) is 6.73. The van der Waals surface area contributed by atoms with E-state index in [1.54, 1.807) is 11.3 Å². The minimum absolute atomic E-state index is 0.00494. The van der Waals surface area contributed by atoms with Crippen molar-refractivity contribution in [3.63, 3.8) is 0 Å². The lowest BCUT2D eigenvalue weighted by molar-refractivity contribution is -0.900. The lowest BCUT2D eigenvalue weighted by Crippen LogP contribution is -3.15. The number of morpholine rings is 1. The Labute approximate surface area is 134 Å². The Morgan fingerprint density at radius 1 is 1.41 bits per heavy atom. The Bertz CT molecular complexity index is 619. The van der Waals surface area contributed by atoms with Gasteiger partial charge in [0.05, 0.1) is 29.5 Å². The molecule has 5 nitrogen and oxygen atoms in total. The number of para-hydroxylation sites is 1. The summed E-state index contributed by atoms with van der Waals surface area (Å²) in [4.78, 5) is 20.3. The molecule has 2 heterocycles. The predicted octanol–water partition coefficient (Wildman–Crippen LogP) is 0.731. The quantitative estimate of drug-likeness (QED) is 0.903. The maximum absolute atomic E-state index is 12.5. The fraction of sp³-hybridized carbons (Fsp3) is 0.500. The van der Waals surface area contributed by atoms with Gasteiger partial charge in [-0.25, -0.2) is 4.98 Å². The molecule has 1 aliphatic rings. The summed E-state index contributed by atoms with van der Waals surface area (Å²) in [6.07, 6.45) is 0. The molecule has 3 rings (SSSR count). The van der Waals surface area contributed by atoms with E-state index >= 15 is 0 Å². The molecular formula is C16H22N3O2S+. The van der Waals surface area contributed by atoms with Gasteiger partial charge in [0.25, 0.3) is 5.91 Å². The molecule has 1 fully saturated rings. The van der Waals surface area contributed by atoms with Crippen LogP contribution in [0.15, 0.2) is 24.3 Å². The summed E-state index contributed by atoms with van der Waals surface area (Å²) in [5, 5.41) is 0.994. The first-order valence-electron chi connectivity index (χ1n) is 7.67. The van der Waals surface area contributed by atoms with Gasteiger partial charge in [-0.2, -0.15) is 0 Å². The van der Waals surface area contributed by atoms with Gasteiger partial charge in [0.15, 0.2) is 6.54 Å². The third kappa shape index (κ3) is 3.29. The summed E-state index contributed by atoms with van der Waals surface area (Å²) in [7, 11) is 1.87. The summed E-state index contributed by atoms with van der Waals surface area (Å²) in [6, 6.07) is 8.11. The smallest absolute Gasteiger partial charge is 0.278 e. The number of amides is 1. The van der Waals surface area contributed by atoms with E-state index in [1.165, 1.54) is 9.60 Å². The number of likely N-dealkylation sites (N-methyl/N-ethyl adjacent to an activating group) is 1. The monoisotopic (exact) mass is 320 g/mol. The Morgan fingerprint density at radius 2 is 2.14 bits per heavy atom. The van der Waals surface area contributed by atoms with Crippen molar-refractivity contribution in [2.24, 2.45) is 0 Å². The topological polar surface area (TPSA) is 46.9 Å². The van der Waals surface area contributed by atoms with Gasteiger partial charge in [-0.1, -0.05) is 12.1 Å². The van der Waals surface area contributed by atoms with Crippen LogP contribution in [-0.2, 0) is 9.53 Å². The largest absolute Gasteiger partial charge is 0.370 e. The highest BCUT2D eigenvalue weighted by Gasteiger charge is 2.25. The van der Waals surface area contributed by atoms with Gasteiger partial charge in [-0.15, -0.1) is 11.3 Å². The number of hydrogen-bond donors (Lipinski definition) is 1. The fourth-order valence-corrected chi connectivity index (χ4v) is 3.69. The van der Waals surface area contributed by atoms with Crippen LogP contribution in [0.5, 0.6) is 0 Å². The van der Waals surface area contributed by atoms with Crippen LogP contribution in [0.4, 0.5) is 0 Å². The minimum Gasteiger partial charge on any atom is -0.370 e. The normalized spacial score (nSPS) is 17.5. The molecule has 0 radical (unpaired) electrons. The lowest BCUT2D eigenvalue weighted by Gasteiger charge is -2.27. The Hall–Kier alpha value is -1.50. The molecule has 0 bridgehead atoms. The van der Waals surface area contributed by atoms with Gasteiger partial charge >= 0.3 is 0 Å². The van der Waals surface area contributed by atoms with Crippen molar-refractivity contribution in [2.45, 2.75) is 13.0 Å². The van der Waals surface area contributed by atoms with E-state index in [2.05, 4.69) is 11.1 Å². The third-order valence-electron chi connectivity index (χ3n) is 4.24. The second-order valence-corrected chi connectivity index (χ2v) is 6.80. The van der Waals surface area contributed by atoms with Crippen LogP contribution in [0.1, 0.15) is 18.0 Å². The van der Waals surface area contributed by atoms with Crippen molar-refractivity contribution in [2.75, 3.05) is 39.9 Å². The first-order chi connectivity index (χ1) is 10.6. The number of carbonyl (C=O) groups excluding carboxylic acids is 1. The molecule has 1 aliphatic heterocycles. The molecule has 1 aromatic carbocycles. The molecule has 0 aliphatic carbocycles. The number of benzene rings is 1. The van der Waals surface area contributed by atoms with Crippen LogP contribution in [0.25, 0.3) is 10.2 Å². The van der Waals surface area contributed by atoms with E-state index in [1.807, 2.05) is 37.1 Å². The number of ether oxygens (including phenoxy) is 1. The highest BCUT2D eigenvalue weighted by atomic mass is 32.1. The summed E-state index contributed by atoms with van der Waals surface area (Å²) >= 11 is 1.67. The summed E-state index contributed by atoms with van der Waals surface area (Å²) in [5.41, 5.74) is 1.01. The number of thiazole rings is 1. The predicted molar refractivity (Wildman–Crippen MR) is 87.2 cm³/mol. The van der Waals surface area contributed by atoms with Gasteiger partial charge in [-0.05, 0) is 19.1 Å². The van der Waals surface area contributed by atoms with Crippen molar-refractivity contribution < 1.29 is 14.4 Å². The first-order valence-corrected chi connectivity index (χ1v) is 8.49. The van der Waals surface area contributed by atoms with E-state index in [4.69, 9.17) is 4.74 Å². The molecule has 0 spiro atoms. The molecule has 0 saturated carbocycles. The minimum atomic E-state index is 0.00494. The van der Waals surface area contributed by atoms with Gasteiger partial charge in [0, 0.05) is 7.05 Å². The highest BCUT2D eigenvalue weighted by Crippen LogP contribution is 2.28. The van der Waals surface area contributed by atoms with Crippen LogP contribution in [0.3, 0.4) is 0 Å².